The van der Waals surface area contributed by atoms with E-state index >= 15 is 0 Å². The molecule has 0 bridgehead atoms. The molecule has 1 aliphatic carbocycles. The zero-order chi connectivity index (χ0) is 27.9. The molecule has 6 nitrogen and oxygen atoms in total. The Morgan fingerprint density at radius 3 is 2.57 bits per heavy atom. The van der Waals surface area contributed by atoms with Crippen molar-refractivity contribution in [2.45, 2.75) is 111 Å². The van der Waals surface area contributed by atoms with Crippen molar-refractivity contribution in [1.82, 2.24) is 0 Å². The first kappa shape index (κ1) is 31.7. The van der Waals surface area contributed by atoms with E-state index in [4.69, 9.17) is 9.47 Å². The van der Waals surface area contributed by atoms with Crippen LogP contribution in [0, 0.1) is 35.5 Å². The van der Waals surface area contributed by atoms with Crippen molar-refractivity contribution in [2.24, 2.45) is 35.5 Å². The van der Waals surface area contributed by atoms with Crippen LogP contribution in [-0.4, -0.2) is 58.4 Å². The number of rotatable bonds is 9. The van der Waals surface area contributed by atoms with E-state index < -0.39 is 29.9 Å². The minimum Gasteiger partial charge on any atom is -0.457 e. The van der Waals surface area contributed by atoms with Gasteiger partial charge < -0.3 is 24.8 Å². The molecule has 0 aromatic heterocycles. The number of allylic oxidation sites excluding steroid dienone is 2. The number of methoxy groups -OCH3 is 1. The number of esters is 1. The van der Waals surface area contributed by atoms with E-state index in [1.807, 2.05) is 58.1 Å². The van der Waals surface area contributed by atoms with Crippen molar-refractivity contribution in [1.29, 1.82) is 0 Å². The van der Waals surface area contributed by atoms with Gasteiger partial charge in [0.25, 0.3) is 0 Å². The molecule has 212 valence electrons. The number of carbonyl (C=O) groups is 1. The zero-order valence-corrected chi connectivity index (χ0v) is 24.3. The van der Waals surface area contributed by atoms with Gasteiger partial charge in [-0.15, -0.1) is 0 Å². The Hall–Kier alpha value is -1.47. The number of carbonyl (C=O) groups excluding carboxylic acids is 1. The van der Waals surface area contributed by atoms with E-state index in [-0.39, 0.29) is 30.3 Å². The molecule has 37 heavy (non-hydrogen) atoms. The molecule has 0 aromatic rings. The third-order valence-electron chi connectivity index (χ3n) is 8.86. The molecule has 0 aromatic carbocycles. The molecule has 1 fully saturated rings. The molecule has 3 N–H and O–H groups in total. The average molecular weight is 521 g/mol. The lowest BCUT2D eigenvalue weighted by Crippen LogP contribution is -2.34. The summed E-state index contributed by atoms with van der Waals surface area (Å²) in [7, 11) is 1.76. The fourth-order valence-electron chi connectivity index (χ4n) is 5.68. The van der Waals surface area contributed by atoms with Gasteiger partial charge in [-0.2, -0.15) is 0 Å². The molecule has 2 rings (SSSR count). The summed E-state index contributed by atoms with van der Waals surface area (Å²) in [6.45, 7) is 14.1. The van der Waals surface area contributed by atoms with E-state index in [1.165, 1.54) is 0 Å². The second-order valence-corrected chi connectivity index (χ2v) is 11.9. The summed E-state index contributed by atoms with van der Waals surface area (Å²) in [6, 6.07) is 0. The van der Waals surface area contributed by atoms with E-state index in [1.54, 1.807) is 14.0 Å². The lowest BCUT2D eigenvalue weighted by atomic mass is 9.84. The lowest BCUT2D eigenvalue weighted by Gasteiger charge is -2.31. The van der Waals surface area contributed by atoms with E-state index in [0.29, 0.717) is 30.6 Å². The number of aliphatic hydroxyl groups excluding tert-OH is 2. The van der Waals surface area contributed by atoms with Crippen LogP contribution in [0.25, 0.3) is 0 Å². The molecule has 0 saturated heterocycles. The highest BCUT2D eigenvalue weighted by Crippen LogP contribution is 2.49. The molecular weight excluding hydrogens is 468 g/mol. The Bertz CT molecular complexity index is 811. The van der Waals surface area contributed by atoms with Gasteiger partial charge in [0, 0.05) is 24.9 Å². The van der Waals surface area contributed by atoms with Crippen molar-refractivity contribution >= 4 is 5.97 Å². The molecule has 1 heterocycles. The van der Waals surface area contributed by atoms with Crippen LogP contribution in [0.15, 0.2) is 36.0 Å². The summed E-state index contributed by atoms with van der Waals surface area (Å²) < 4.78 is 11.4. The lowest BCUT2D eigenvalue weighted by molar-refractivity contribution is -0.151. The van der Waals surface area contributed by atoms with E-state index in [2.05, 4.69) is 13.8 Å². The molecule has 0 unspecified atom stereocenters. The highest BCUT2D eigenvalue weighted by molar-refractivity contribution is 5.70. The van der Waals surface area contributed by atoms with Crippen LogP contribution in [0.1, 0.15) is 80.6 Å². The van der Waals surface area contributed by atoms with Crippen molar-refractivity contribution in [2.75, 3.05) is 7.11 Å². The average Bonchev–Trinajstić information content (AvgIpc) is 3.64. The van der Waals surface area contributed by atoms with Gasteiger partial charge in [-0.25, -0.2) is 0 Å². The van der Waals surface area contributed by atoms with Crippen LogP contribution in [0.2, 0.25) is 0 Å². The SMILES string of the molecule is CC[C@H](OC)[C@@H](C)[C@H]1C[C@@H]1[C@@H](O)[C@H](C)/C=C/C=C(\C)[C@H]1OC(=O)C[C@H](O)CC[C@@](C)(O)[C@@H](C)/C=C/[C@@H]1C. The zero-order valence-electron chi connectivity index (χ0n) is 24.3. The second kappa shape index (κ2) is 14.1. The Balaban J connectivity index is 2.09. The maximum absolute atomic E-state index is 12.6. The van der Waals surface area contributed by atoms with Gasteiger partial charge in [0.1, 0.15) is 6.10 Å². The normalized spacial score (nSPS) is 38.1. The molecule has 0 radical (unpaired) electrons. The maximum atomic E-state index is 12.6. The van der Waals surface area contributed by atoms with E-state index in [0.717, 1.165) is 18.4 Å². The third kappa shape index (κ3) is 9.05. The number of aliphatic hydroxyl groups is 3. The van der Waals surface area contributed by atoms with Crippen LogP contribution in [0.5, 0.6) is 0 Å². The maximum Gasteiger partial charge on any atom is 0.309 e. The predicted octanol–water partition coefficient (Wildman–Crippen LogP) is 5.22. The smallest absolute Gasteiger partial charge is 0.309 e. The van der Waals surface area contributed by atoms with Gasteiger partial charge in [0.2, 0.25) is 0 Å². The van der Waals surface area contributed by atoms with Gasteiger partial charge >= 0.3 is 5.97 Å². The monoisotopic (exact) mass is 520 g/mol. The van der Waals surface area contributed by atoms with Crippen LogP contribution in [0.4, 0.5) is 0 Å². The predicted molar refractivity (Wildman–Crippen MR) is 148 cm³/mol. The minimum absolute atomic E-state index is 0.00303. The number of cyclic esters (lactones) is 1. The fourth-order valence-corrected chi connectivity index (χ4v) is 5.68. The Morgan fingerprint density at radius 1 is 1.27 bits per heavy atom. The topological polar surface area (TPSA) is 96.2 Å². The van der Waals surface area contributed by atoms with Gasteiger partial charge in [-0.1, -0.05) is 65.0 Å². The molecule has 11 atom stereocenters. The van der Waals surface area contributed by atoms with Crippen LogP contribution in [0.3, 0.4) is 0 Å². The quantitative estimate of drug-likeness (QED) is 0.219. The number of hydrogen-bond acceptors (Lipinski definition) is 6. The molecule has 1 aliphatic heterocycles. The first-order valence-electron chi connectivity index (χ1n) is 14.2. The van der Waals surface area contributed by atoms with E-state index in [9.17, 15) is 20.1 Å². The second-order valence-electron chi connectivity index (χ2n) is 11.9. The Morgan fingerprint density at radius 2 is 1.95 bits per heavy atom. The molecule has 6 heteroatoms. The fraction of sp³-hybridized carbons (Fsp3) is 0.774. The van der Waals surface area contributed by atoms with Crippen LogP contribution in [-0.2, 0) is 14.3 Å². The molecule has 2 aliphatic rings. The summed E-state index contributed by atoms with van der Waals surface area (Å²) >= 11 is 0. The van der Waals surface area contributed by atoms with Gasteiger partial charge in [-0.05, 0) is 62.9 Å². The molecule has 1 saturated carbocycles. The Labute approximate surface area is 224 Å². The third-order valence-corrected chi connectivity index (χ3v) is 8.86. The van der Waals surface area contributed by atoms with Crippen molar-refractivity contribution < 1.29 is 29.6 Å². The Kier molecular flexibility index (Phi) is 12.1. The first-order valence-corrected chi connectivity index (χ1v) is 14.2. The van der Waals surface area contributed by atoms with Gasteiger partial charge in [0.05, 0.1) is 30.3 Å². The minimum atomic E-state index is -0.959. The van der Waals surface area contributed by atoms with Gasteiger partial charge in [-0.3, -0.25) is 4.79 Å². The summed E-state index contributed by atoms with van der Waals surface area (Å²) in [5.41, 5.74) is -0.0713. The molecule has 0 amide bonds. The van der Waals surface area contributed by atoms with Crippen molar-refractivity contribution in [3.8, 4) is 0 Å². The van der Waals surface area contributed by atoms with Crippen molar-refractivity contribution in [3.05, 3.63) is 36.0 Å². The van der Waals surface area contributed by atoms with Crippen LogP contribution < -0.4 is 0 Å². The molecule has 0 spiro atoms. The summed E-state index contributed by atoms with van der Waals surface area (Å²) in [5.74, 6) is 0.581. The number of ether oxygens (including phenoxy) is 2. The summed E-state index contributed by atoms with van der Waals surface area (Å²) in [4.78, 5) is 12.6. The van der Waals surface area contributed by atoms with Crippen LogP contribution >= 0.6 is 0 Å². The largest absolute Gasteiger partial charge is 0.457 e. The number of hydrogen-bond donors (Lipinski definition) is 3. The summed E-state index contributed by atoms with van der Waals surface area (Å²) in [5, 5.41) is 32.0. The first-order chi connectivity index (χ1) is 17.3. The molecular formula is C31H52O6. The summed E-state index contributed by atoms with van der Waals surface area (Å²) in [6.07, 6.45) is 11.1. The van der Waals surface area contributed by atoms with Crippen molar-refractivity contribution in [3.63, 3.8) is 0 Å². The standard InChI is InChI=1S/C31H52O6/c1-9-27(36-8)23(6)25-18-26(25)29(34)19(2)11-10-12-20(3)30-21(4)13-14-22(5)31(7,35)16-15-24(32)17-28(33)37-30/h10-14,19,21-27,29-30,32,34-35H,9,15-18H2,1-8H3/b11-10+,14-13+,20-12+/t19-,21+,22+,23+,24-,25-,26+,27+,29+,30-,31-/m1/s1. The highest BCUT2D eigenvalue weighted by Gasteiger charge is 2.48. The highest BCUT2D eigenvalue weighted by atomic mass is 16.5. The van der Waals surface area contributed by atoms with Gasteiger partial charge in [0.15, 0.2) is 0 Å².